The van der Waals surface area contributed by atoms with Crippen LogP contribution in [0, 0.1) is 11.8 Å². The molecule has 100 valence electrons. The predicted octanol–water partition coefficient (Wildman–Crippen LogP) is 4.47. The number of hydrogen-bond donors (Lipinski definition) is 1. The van der Waals surface area contributed by atoms with E-state index in [9.17, 15) is 0 Å². The van der Waals surface area contributed by atoms with Crippen molar-refractivity contribution in [1.82, 2.24) is 5.32 Å². The molecule has 0 saturated heterocycles. The molecule has 2 atom stereocenters. The number of alkyl halides is 1. The van der Waals surface area contributed by atoms with Crippen molar-refractivity contribution in [3.63, 3.8) is 0 Å². The van der Waals surface area contributed by atoms with Gasteiger partial charge < -0.3 is 5.32 Å². The highest BCUT2D eigenvalue weighted by atomic mass is 35.5. The summed E-state index contributed by atoms with van der Waals surface area (Å²) in [5, 5.41) is 4.38. The van der Waals surface area contributed by atoms with Crippen molar-refractivity contribution in [2.24, 2.45) is 11.8 Å². The van der Waals surface area contributed by atoms with Crippen LogP contribution in [-0.2, 0) is 6.54 Å². The summed E-state index contributed by atoms with van der Waals surface area (Å²) in [4.78, 5) is 0. The first-order chi connectivity index (χ1) is 8.81. The third kappa shape index (κ3) is 3.88. The van der Waals surface area contributed by atoms with E-state index in [-0.39, 0.29) is 0 Å². The number of benzene rings is 1. The van der Waals surface area contributed by atoms with Crippen LogP contribution in [0.1, 0.15) is 31.2 Å². The molecule has 0 amide bonds. The Hall–Kier alpha value is -0.240. The molecule has 1 aromatic carbocycles. The fraction of sp³-hybridized carbons (Fsp3) is 0.600. The molecule has 0 spiro atoms. The van der Waals surface area contributed by atoms with E-state index in [4.69, 9.17) is 23.2 Å². The molecule has 1 fully saturated rings. The lowest BCUT2D eigenvalue weighted by Crippen LogP contribution is -2.31. The summed E-state index contributed by atoms with van der Waals surface area (Å²) in [6, 6.07) is 8.03. The summed E-state index contributed by atoms with van der Waals surface area (Å²) in [6.07, 6.45) is 5.30. The molecule has 1 nitrogen and oxygen atoms in total. The van der Waals surface area contributed by atoms with Gasteiger partial charge >= 0.3 is 0 Å². The highest BCUT2D eigenvalue weighted by Gasteiger charge is 2.23. The predicted molar refractivity (Wildman–Crippen MR) is 79.3 cm³/mol. The molecule has 0 heterocycles. The smallest absolute Gasteiger partial charge is 0.0450 e. The minimum Gasteiger partial charge on any atom is -0.312 e. The van der Waals surface area contributed by atoms with Crippen molar-refractivity contribution in [1.29, 1.82) is 0 Å². The second-order valence-electron chi connectivity index (χ2n) is 5.18. The minimum atomic E-state index is 0.694. The third-order valence-corrected chi connectivity index (χ3v) is 4.71. The van der Waals surface area contributed by atoms with Crippen LogP contribution in [-0.4, -0.2) is 12.4 Å². The van der Waals surface area contributed by atoms with Crippen LogP contribution in [0.4, 0.5) is 0 Å². The molecule has 2 unspecified atom stereocenters. The lowest BCUT2D eigenvalue weighted by Gasteiger charge is -2.30. The summed E-state index contributed by atoms with van der Waals surface area (Å²) in [7, 11) is 0. The maximum Gasteiger partial charge on any atom is 0.0450 e. The van der Waals surface area contributed by atoms with Gasteiger partial charge in [0.05, 0.1) is 0 Å². The Morgan fingerprint density at radius 1 is 1.11 bits per heavy atom. The zero-order valence-corrected chi connectivity index (χ0v) is 12.2. The quantitative estimate of drug-likeness (QED) is 0.787. The first-order valence-corrected chi connectivity index (χ1v) is 7.72. The molecule has 1 saturated carbocycles. The number of rotatable bonds is 5. The van der Waals surface area contributed by atoms with Gasteiger partial charge in [-0.25, -0.2) is 0 Å². The molecule has 0 aromatic heterocycles. The lowest BCUT2D eigenvalue weighted by molar-refractivity contribution is 0.250. The van der Waals surface area contributed by atoms with Crippen molar-refractivity contribution in [3.8, 4) is 0 Å². The second-order valence-corrected chi connectivity index (χ2v) is 5.90. The van der Waals surface area contributed by atoms with Crippen LogP contribution < -0.4 is 5.32 Å². The molecule has 0 bridgehead atoms. The van der Waals surface area contributed by atoms with Gasteiger partial charge in [0.2, 0.25) is 0 Å². The highest BCUT2D eigenvalue weighted by Crippen LogP contribution is 2.30. The second kappa shape index (κ2) is 7.37. The highest BCUT2D eigenvalue weighted by molar-refractivity contribution is 6.31. The zero-order chi connectivity index (χ0) is 12.8. The lowest BCUT2D eigenvalue weighted by atomic mass is 9.80. The van der Waals surface area contributed by atoms with Crippen molar-refractivity contribution < 1.29 is 0 Å². The van der Waals surface area contributed by atoms with Gasteiger partial charge in [-0.3, -0.25) is 0 Å². The average Bonchev–Trinajstić information content (AvgIpc) is 2.41. The van der Waals surface area contributed by atoms with Crippen molar-refractivity contribution in [2.45, 2.75) is 32.2 Å². The minimum absolute atomic E-state index is 0.694. The summed E-state index contributed by atoms with van der Waals surface area (Å²) >= 11 is 12.2. The van der Waals surface area contributed by atoms with E-state index in [0.717, 1.165) is 29.9 Å². The molecule has 1 aliphatic rings. The largest absolute Gasteiger partial charge is 0.312 e. The Morgan fingerprint density at radius 2 is 1.83 bits per heavy atom. The molecule has 1 aromatic rings. The molecule has 18 heavy (non-hydrogen) atoms. The zero-order valence-electron chi connectivity index (χ0n) is 10.7. The van der Waals surface area contributed by atoms with Crippen LogP contribution in [0.3, 0.4) is 0 Å². The van der Waals surface area contributed by atoms with E-state index in [1.807, 2.05) is 18.2 Å². The normalized spacial score (nSPS) is 24.1. The Balaban J connectivity index is 1.79. The molecule has 1 N–H and O–H groups in total. The Kier molecular flexibility index (Phi) is 5.81. The number of halogens is 2. The van der Waals surface area contributed by atoms with Crippen LogP contribution >= 0.6 is 23.2 Å². The van der Waals surface area contributed by atoms with Crippen LogP contribution in [0.25, 0.3) is 0 Å². The van der Waals surface area contributed by atoms with E-state index in [1.54, 1.807) is 0 Å². The average molecular weight is 286 g/mol. The van der Waals surface area contributed by atoms with Gasteiger partial charge in [0, 0.05) is 17.4 Å². The topological polar surface area (TPSA) is 12.0 Å². The molecular weight excluding hydrogens is 265 g/mol. The molecule has 2 rings (SSSR count). The van der Waals surface area contributed by atoms with Gasteiger partial charge in [-0.2, -0.15) is 0 Å². The van der Waals surface area contributed by atoms with Gasteiger partial charge in [-0.05, 0) is 42.9 Å². The summed E-state index contributed by atoms with van der Waals surface area (Å²) in [5.74, 6) is 2.23. The Labute approximate surface area is 120 Å². The Bertz CT molecular complexity index is 367. The summed E-state index contributed by atoms with van der Waals surface area (Å²) in [5.41, 5.74) is 1.18. The van der Waals surface area contributed by atoms with Crippen molar-refractivity contribution >= 4 is 23.2 Å². The maximum atomic E-state index is 6.14. The number of nitrogens with one attached hydrogen (secondary N) is 1. The fourth-order valence-electron chi connectivity index (χ4n) is 2.79. The SMILES string of the molecule is ClCC1CCCCC1CNCc1ccccc1Cl. The van der Waals surface area contributed by atoms with Gasteiger partial charge in [0.15, 0.2) is 0 Å². The summed E-state index contributed by atoms with van der Waals surface area (Å²) in [6.45, 7) is 1.91. The van der Waals surface area contributed by atoms with E-state index in [0.29, 0.717) is 5.92 Å². The van der Waals surface area contributed by atoms with Crippen LogP contribution in [0.5, 0.6) is 0 Å². The van der Waals surface area contributed by atoms with Gasteiger partial charge in [-0.1, -0.05) is 42.6 Å². The van der Waals surface area contributed by atoms with Crippen molar-refractivity contribution in [2.75, 3.05) is 12.4 Å². The molecule has 1 aliphatic carbocycles. The van der Waals surface area contributed by atoms with Gasteiger partial charge in [0.25, 0.3) is 0 Å². The van der Waals surface area contributed by atoms with E-state index in [1.165, 1.54) is 31.2 Å². The molecule has 0 aliphatic heterocycles. The van der Waals surface area contributed by atoms with E-state index < -0.39 is 0 Å². The Morgan fingerprint density at radius 3 is 2.56 bits per heavy atom. The number of hydrogen-bond acceptors (Lipinski definition) is 1. The monoisotopic (exact) mass is 285 g/mol. The molecule has 3 heteroatoms. The molecular formula is C15H21Cl2N. The first kappa shape index (κ1) is 14.2. The van der Waals surface area contributed by atoms with E-state index >= 15 is 0 Å². The first-order valence-electron chi connectivity index (χ1n) is 6.81. The standard InChI is InChI=1S/C15H21Cl2N/c16-9-12-5-1-2-6-13(12)10-18-11-14-7-3-4-8-15(14)17/h3-4,7-8,12-13,18H,1-2,5-6,9-11H2. The third-order valence-electron chi connectivity index (χ3n) is 3.94. The van der Waals surface area contributed by atoms with Gasteiger partial charge in [0.1, 0.15) is 0 Å². The van der Waals surface area contributed by atoms with Crippen LogP contribution in [0.2, 0.25) is 5.02 Å². The maximum absolute atomic E-state index is 6.14. The van der Waals surface area contributed by atoms with Gasteiger partial charge in [-0.15, -0.1) is 11.6 Å². The fourth-order valence-corrected chi connectivity index (χ4v) is 3.40. The van der Waals surface area contributed by atoms with Crippen LogP contribution in [0.15, 0.2) is 24.3 Å². The molecule has 0 radical (unpaired) electrons. The summed E-state index contributed by atoms with van der Waals surface area (Å²) < 4.78 is 0. The van der Waals surface area contributed by atoms with Crippen molar-refractivity contribution in [3.05, 3.63) is 34.9 Å². The van der Waals surface area contributed by atoms with E-state index in [2.05, 4.69) is 11.4 Å².